The Labute approximate surface area is 175 Å². The molecule has 0 unspecified atom stereocenters. The number of anilines is 1. The number of ether oxygens (including phenoxy) is 1. The molecule has 0 aliphatic rings. The molecule has 0 amide bonds. The van der Waals surface area contributed by atoms with Gasteiger partial charge in [0.15, 0.2) is 0 Å². The van der Waals surface area contributed by atoms with Crippen molar-refractivity contribution in [3.8, 4) is 11.5 Å². The number of aromatic nitrogens is 2. The summed E-state index contributed by atoms with van der Waals surface area (Å²) in [5.41, 5.74) is 3.18. The molecule has 1 atom stereocenters. The molecule has 30 heavy (non-hydrogen) atoms. The molecule has 2 heterocycles. The SMILES string of the molecule is C=CCOc1ccc([C@H](Nc2cccc(C)n2)c2ccc3cccnc3c2O)cc1. The van der Waals surface area contributed by atoms with Gasteiger partial charge in [0.2, 0.25) is 0 Å². The number of fused-ring (bicyclic) bond motifs is 1. The van der Waals surface area contributed by atoms with E-state index in [4.69, 9.17) is 4.74 Å². The molecule has 5 nitrogen and oxygen atoms in total. The van der Waals surface area contributed by atoms with Crippen molar-refractivity contribution in [3.63, 3.8) is 0 Å². The Morgan fingerprint density at radius 1 is 1.07 bits per heavy atom. The van der Waals surface area contributed by atoms with Crippen molar-refractivity contribution >= 4 is 16.7 Å². The van der Waals surface area contributed by atoms with Gasteiger partial charge in [0.05, 0.1) is 6.04 Å². The molecule has 4 aromatic rings. The zero-order valence-electron chi connectivity index (χ0n) is 16.7. The maximum absolute atomic E-state index is 11.0. The Balaban J connectivity index is 1.77. The Morgan fingerprint density at radius 2 is 1.90 bits per heavy atom. The Morgan fingerprint density at radius 3 is 2.67 bits per heavy atom. The third-order valence-corrected chi connectivity index (χ3v) is 4.85. The minimum Gasteiger partial charge on any atom is -0.505 e. The molecule has 150 valence electrons. The van der Waals surface area contributed by atoms with Crippen molar-refractivity contribution in [3.05, 3.63) is 102 Å². The number of aromatic hydroxyl groups is 1. The second kappa shape index (κ2) is 8.66. The second-order valence-corrected chi connectivity index (χ2v) is 6.99. The number of aryl methyl sites for hydroxylation is 1. The second-order valence-electron chi connectivity index (χ2n) is 6.99. The molecule has 0 bridgehead atoms. The molecule has 0 aliphatic heterocycles. The van der Waals surface area contributed by atoms with Crippen LogP contribution in [0.5, 0.6) is 11.5 Å². The summed E-state index contributed by atoms with van der Waals surface area (Å²) >= 11 is 0. The monoisotopic (exact) mass is 397 g/mol. The quantitative estimate of drug-likeness (QED) is 0.408. The third kappa shape index (κ3) is 4.10. The lowest BCUT2D eigenvalue weighted by atomic mass is 9.96. The molecule has 0 fully saturated rings. The number of phenolic OH excluding ortho intramolecular Hbond substituents is 1. The number of phenols is 1. The number of benzene rings is 2. The van der Waals surface area contributed by atoms with E-state index in [1.165, 1.54) is 0 Å². The molecule has 2 aromatic heterocycles. The first-order valence-corrected chi connectivity index (χ1v) is 9.76. The minimum absolute atomic E-state index is 0.158. The van der Waals surface area contributed by atoms with Crippen LogP contribution in [0, 0.1) is 6.92 Å². The van der Waals surface area contributed by atoms with Gasteiger partial charge < -0.3 is 15.2 Å². The number of hydrogen-bond donors (Lipinski definition) is 2. The average molecular weight is 397 g/mol. The highest BCUT2D eigenvalue weighted by atomic mass is 16.5. The van der Waals surface area contributed by atoms with Gasteiger partial charge in [-0.3, -0.25) is 4.98 Å². The van der Waals surface area contributed by atoms with Crippen molar-refractivity contribution in [1.29, 1.82) is 0 Å². The number of nitrogens with one attached hydrogen (secondary N) is 1. The van der Waals surface area contributed by atoms with Gasteiger partial charge >= 0.3 is 0 Å². The Hall–Kier alpha value is -3.86. The van der Waals surface area contributed by atoms with Gasteiger partial charge in [-0.25, -0.2) is 4.98 Å². The van der Waals surface area contributed by atoms with Gasteiger partial charge in [0, 0.05) is 22.8 Å². The van der Waals surface area contributed by atoms with E-state index < -0.39 is 0 Å². The number of pyridine rings is 2. The van der Waals surface area contributed by atoms with E-state index in [2.05, 4.69) is 21.9 Å². The van der Waals surface area contributed by atoms with Crippen LogP contribution in [0.3, 0.4) is 0 Å². The first-order valence-electron chi connectivity index (χ1n) is 9.76. The van der Waals surface area contributed by atoms with Crippen LogP contribution in [-0.4, -0.2) is 21.7 Å². The topological polar surface area (TPSA) is 67.3 Å². The zero-order valence-corrected chi connectivity index (χ0v) is 16.7. The highest BCUT2D eigenvalue weighted by molar-refractivity contribution is 5.86. The largest absolute Gasteiger partial charge is 0.505 e. The predicted octanol–water partition coefficient (Wildman–Crippen LogP) is 5.41. The predicted molar refractivity (Wildman–Crippen MR) is 120 cm³/mol. The summed E-state index contributed by atoms with van der Waals surface area (Å²) < 4.78 is 5.60. The lowest BCUT2D eigenvalue weighted by molar-refractivity contribution is 0.363. The van der Waals surface area contributed by atoms with E-state index in [0.717, 1.165) is 33.8 Å². The van der Waals surface area contributed by atoms with Crippen LogP contribution >= 0.6 is 0 Å². The summed E-state index contributed by atoms with van der Waals surface area (Å²) in [6.45, 7) is 6.07. The molecular formula is C25H23N3O2. The van der Waals surface area contributed by atoms with Crippen molar-refractivity contribution in [1.82, 2.24) is 9.97 Å². The van der Waals surface area contributed by atoms with Gasteiger partial charge in [0.25, 0.3) is 0 Å². The highest BCUT2D eigenvalue weighted by Gasteiger charge is 2.20. The first-order chi connectivity index (χ1) is 14.7. The summed E-state index contributed by atoms with van der Waals surface area (Å²) in [5.74, 6) is 1.65. The number of rotatable bonds is 7. The van der Waals surface area contributed by atoms with Crippen LogP contribution in [0.15, 0.2) is 85.6 Å². The first kappa shape index (κ1) is 19.5. The fraction of sp³-hybridized carbons (Fsp3) is 0.120. The van der Waals surface area contributed by atoms with Crippen LogP contribution in [0.2, 0.25) is 0 Å². The summed E-state index contributed by atoms with van der Waals surface area (Å²) in [5, 5.41) is 15.4. The maximum Gasteiger partial charge on any atom is 0.147 e. The van der Waals surface area contributed by atoms with Crippen molar-refractivity contribution in [2.75, 3.05) is 11.9 Å². The van der Waals surface area contributed by atoms with Crippen LogP contribution in [0.4, 0.5) is 5.82 Å². The minimum atomic E-state index is -0.320. The van der Waals surface area contributed by atoms with Crippen molar-refractivity contribution in [2.45, 2.75) is 13.0 Å². The summed E-state index contributed by atoms with van der Waals surface area (Å²) in [7, 11) is 0. The standard InChI is InChI=1S/C25H23N3O2/c1-3-16-30-20-12-9-19(10-13-20)23(28-22-8-4-6-17(2)27-22)21-14-11-18-7-5-15-26-24(18)25(21)29/h3-15,23,29H,1,16H2,2H3,(H,27,28)/t23-/m0/s1. The molecule has 2 N–H and O–H groups in total. The van der Waals surface area contributed by atoms with Crippen LogP contribution in [0.25, 0.3) is 10.9 Å². The van der Waals surface area contributed by atoms with Gasteiger partial charge in [-0.15, -0.1) is 0 Å². The molecule has 0 spiro atoms. The molecule has 5 heteroatoms. The van der Waals surface area contributed by atoms with Gasteiger partial charge in [-0.2, -0.15) is 0 Å². The van der Waals surface area contributed by atoms with Gasteiger partial charge in [-0.1, -0.05) is 49.1 Å². The number of hydrogen-bond acceptors (Lipinski definition) is 5. The van der Waals surface area contributed by atoms with Crippen LogP contribution < -0.4 is 10.1 Å². The maximum atomic E-state index is 11.0. The van der Waals surface area contributed by atoms with E-state index in [1.54, 1.807) is 12.3 Å². The molecule has 4 rings (SSSR count). The normalized spacial score (nSPS) is 11.8. The van der Waals surface area contributed by atoms with Crippen LogP contribution in [-0.2, 0) is 0 Å². The van der Waals surface area contributed by atoms with Gasteiger partial charge in [-0.05, 0) is 42.8 Å². The molecular weight excluding hydrogens is 374 g/mol. The lowest BCUT2D eigenvalue weighted by Gasteiger charge is -2.22. The fourth-order valence-corrected chi connectivity index (χ4v) is 3.40. The van der Waals surface area contributed by atoms with Gasteiger partial charge in [0.1, 0.15) is 29.4 Å². The third-order valence-electron chi connectivity index (χ3n) is 4.85. The van der Waals surface area contributed by atoms with Crippen molar-refractivity contribution in [2.24, 2.45) is 0 Å². The summed E-state index contributed by atoms with van der Waals surface area (Å²) in [6, 6.07) is 21.0. The molecule has 0 saturated carbocycles. The fourth-order valence-electron chi connectivity index (χ4n) is 3.40. The molecule has 0 radical (unpaired) electrons. The smallest absolute Gasteiger partial charge is 0.147 e. The van der Waals surface area contributed by atoms with Crippen LogP contribution in [0.1, 0.15) is 22.9 Å². The molecule has 0 saturated heterocycles. The molecule has 2 aromatic carbocycles. The van der Waals surface area contributed by atoms with E-state index in [1.807, 2.05) is 73.7 Å². The van der Waals surface area contributed by atoms with Crippen molar-refractivity contribution < 1.29 is 9.84 Å². The van der Waals surface area contributed by atoms with E-state index in [-0.39, 0.29) is 11.8 Å². The van der Waals surface area contributed by atoms with E-state index in [9.17, 15) is 5.11 Å². The molecule has 0 aliphatic carbocycles. The Kier molecular flexibility index (Phi) is 5.61. The lowest BCUT2D eigenvalue weighted by Crippen LogP contribution is -2.14. The highest BCUT2D eigenvalue weighted by Crippen LogP contribution is 2.36. The summed E-state index contributed by atoms with van der Waals surface area (Å²) in [6.07, 6.45) is 3.39. The Bertz CT molecular complexity index is 1170. The average Bonchev–Trinajstić information content (AvgIpc) is 2.77. The van der Waals surface area contributed by atoms with E-state index in [0.29, 0.717) is 12.1 Å². The number of nitrogens with zero attached hydrogens (tertiary/aromatic N) is 2. The summed E-state index contributed by atoms with van der Waals surface area (Å²) in [4.78, 5) is 8.93. The van der Waals surface area contributed by atoms with E-state index >= 15 is 0 Å². The zero-order chi connectivity index (χ0) is 20.9.